The summed E-state index contributed by atoms with van der Waals surface area (Å²) in [6, 6.07) is 9.03. The van der Waals surface area contributed by atoms with E-state index in [1.54, 1.807) is 30.3 Å². The molecule has 1 aromatic carbocycles. The van der Waals surface area contributed by atoms with E-state index in [2.05, 4.69) is 10.1 Å². The first-order chi connectivity index (χ1) is 10.1. The fourth-order valence-electron chi connectivity index (χ4n) is 1.39. The number of ether oxygens (including phenoxy) is 1. The standard InChI is InChI=1S/C14H14Cl3NO4/c1-13(11(19)20,8-7-10-5-3-2-4-6-10)18-12(21)22-9-14(15,16)17/h2-8H,9H2,1H3,(H,18,21)(H,19,20)/b8-7+. The van der Waals surface area contributed by atoms with Crippen LogP contribution in [0, 0.1) is 0 Å². The molecule has 22 heavy (non-hydrogen) atoms. The van der Waals surface area contributed by atoms with Gasteiger partial charge in [-0.05, 0) is 18.6 Å². The number of rotatable bonds is 5. The highest BCUT2D eigenvalue weighted by molar-refractivity contribution is 6.67. The van der Waals surface area contributed by atoms with E-state index >= 15 is 0 Å². The molecular formula is C14H14Cl3NO4. The number of hydrogen-bond acceptors (Lipinski definition) is 3. The topological polar surface area (TPSA) is 75.6 Å². The SMILES string of the molecule is CC(/C=C/c1ccccc1)(NC(=O)OCC(Cl)(Cl)Cl)C(=O)O. The van der Waals surface area contributed by atoms with Crippen molar-refractivity contribution in [1.29, 1.82) is 0 Å². The Balaban J connectivity index is 2.77. The Kier molecular flexibility index (Phi) is 6.53. The van der Waals surface area contributed by atoms with Gasteiger partial charge in [0.25, 0.3) is 0 Å². The second-order valence-corrected chi connectivity index (χ2v) is 7.08. The normalized spacial score (nSPS) is 14.4. The Morgan fingerprint density at radius 3 is 2.36 bits per heavy atom. The molecule has 1 unspecified atom stereocenters. The first-order valence-electron chi connectivity index (χ1n) is 6.12. The van der Waals surface area contributed by atoms with Crippen molar-refractivity contribution in [2.45, 2.75) is 16.3 Å². The zero-order chi connectivity index (χ0) is 16.8. The van der Waals surface area contributed by atoms with E-state index in [0.717, 1.165) is 5.56 Å². The maximum Gasteiger partial charge on any atom is 0.408 e. The zero-order valence-electron chi connectivity index (χ0n) is 11.6. The Hall–Kier alpha value is -1.43. The second-order valence-electron chi connectivity index (χ2n) is 4.57. The average molecular weight is 367 g/mol. The van der Waals surface area contributed by atoms with E-state index in [0.29, 0.717) is 0 Å². The number of hydrogen-bond donors (Lipinski definition) is 2. The first-order valence-corrected chi connectivity index (χ1v) is 7.25. The van der Waals surface area contributed by atoms with Crippen molar-refractivity contribution in [1.82, 2.24) is 5.32 Å². The number of carboxylic acids is 1. The molecule has 0 heterocycles. The van der Waals surface area contributed by atoms with E-state index in [-0.39, 0.29) is 0 Å². The highest BCUT2D eigenvalue weighted by atomic mass is 35.6. The molecule has 1 aromatic rings. The first kappa shape index (κ1) is 18.6. The van der Waals surface area contributed by atoms with Crippen LogP contribution in [0.4, 0.5) is 4.79 Å². The lowest BCUT2D eigenvalue weighted by molar-refractivity contribution is -0.141. The monoisotopic (exact) mass is 365 g/mol. The van der Waals surface area contributed by atoms with E-state index in [9.17, 15) is 14.7 Å². The van der Waals surface area contributed by atoms with Crippen LogP contribution >= 0.6 is 34.8 Å². The largest absolute Gasteiger partial charge is 0.479 e. The molecule has 0 saturated heterocycles. The molecule has 8 heteroatoms. The summed E-state index contributed by atoms with van der Waals surface area (Å²) >= 11 is 16.3. The van der Waals surface area contributed by atoms with Crippen LogP contribution in [0.2, 0.25) is 0 Å². The number of halogens is 3. The highest BCUT2D eigenvalue weighted by Crippen LogP contribution is 2.26. The average Bonchev–Trinajstić information content (AvgIpc) is 2.43. The number of benzene rings is 1. The number of alkyl halides is 3. The molecule has 0 spiro atoms. The van der Waals surface area contributed by atoms with Gasteiger partial charge in [0.2, 0.25) is 3.79 Å². The molecule has 0 bridgehead atoms. The number of alkyl carbamates (subject to hydrolysis) is 1. The summed E-state index contributed by atoms with van der Waals surface area (Å²) in [7, 11) is 0. The summed E-state index contributed by atoms with van der Waals surface area (Å²) < 4.78 is 2.89. The van der Waals surface area contributed by atoms with E-state index in [1.165, 1.54) is 13.0 Å². The molecule has 5 nitrogen and oxygen atoms in total. The number of amides is 1. The number of carbonyl (C=O) groups is 2. The molecule has 1 rings (SSSR count). The van der Waals surface area contributed by atoms with Crippen molar-refractivity contribution in [3.8, 4) is 0 Å². The predicted octanol–water partition coefficient (Wildman–Crippen LogP) is 3.64. The Bertz CT molecular complexity index is 557. The van der Waals surface area contributed by atoms with Crippen LogP contribution in [-0.4, -0.2) is 33.1 Å². The van der Waals surface area contributed by atoms with Gasteiger partial charge in [-0.1, -0.05) is 71.2 Å². The van der Waals surface area contributed by atoms with Crippen LogP contribution in [0.5, 0.6) is 0 Å². The van der Waals surface area contributed by atoms with Gasteiger partial charge >= 0.3 is 12.1 Å². The minimum absolute atomic E-state index is 0.498. The molecule has 0 saturated carbocycles. The maximum absolute atomic E-state index is 11.6. The van der Waals surface area contributed by atoms with Crippen molar-refractivity contribution < 1.29 is 19.4 Å². The summed E-state index contributed by atoms with van der Waals surface area (Å²) in [4.78, 5) is 23.0. The van der Waals surface area contributed by atoms with Crippen LogP contribution in [0.25, 0.3) is 6.08 Å². The third-order valence-electron chi connectivity index (χ3n) is 2.58. The van der Waals surface area contributed by atoms with Crippen molar-refractivity contribution in [3.05, 3.63) is 42.0 Å². The van der Waals surface area contributed by atoms with Crippen molar-refractivity contribution >= 4 is 52.9 Å². The maximum atomic E-state index is 11.6. The molecule has 0 aliphatic rings. The molecule has 0 aliphatic heterocycles. The van der Waals surface area contributed by atoms with Crippen molar-refractivity contribution in [3.63, 3.8) is 0 Å². The molecule has 0 radical (unpaired) electrons. The van der Waals surface area contributed by atoms with Gasteiger partial charge in [-0.25, -0.2) is 9.59 Å². The molecular weight excluding hydrogens is 353 g/mol. The molecule has 0 aliphatic carbocycles. The number of carbonyl (C=O) groups excluding carboxylic acids is 1. The van der Waals surface area contributed by atoms with E-state index in [1.807, 2.05) is 6.07 Å². The lowest BCUT2D eigenvalue weighted by Gasteiger charge is -2.23. The summed E-state index contributed by atoms with van der Waals surface area (Å²) in [5.74, 6) is -1.26. The molecule has 1 atom stereocenters. The third kappa shape index (κ3) is 6.56. The Labute approximate surface area is 142 Å². The minimum Gasteiger partial charge on any atom is -0.479 e. The highest BCUT2D eigenvalue weighted by Gasteiger charge is 2.33. The van der Waals surface area contributed by atoms with Gasteiger partial charge in [-0.2, -0.15) is 0 Å². The van der Waals surface area contributed by atoms with Gasteiger partial charge in [0.05, 0.1) is 0 Å². The lowest BCUT2D eigenvalue weighted by Crippen LogP contribution is -2.51. The molecule has 0 fully saturated rings. The summed E-state index contributed by atoms with van der Waals surface area (Å²) in [6.45, 7) is 0.812. The van der Waals surface area contributed by atoms with Gasteiger partial charge in [0.1, 0.15) is 6.61 Å². The number of aliphatic carboxylic acids is 1. The van der Waals surface area contributed by atoms with Crippen LogP contribution in [0.1, 0.15) is 12.5 Å². The van der Waals surface area contributed by atoms with Gasteiger partial charge in [0.15, 0.2) is 5.54 Å². The fraction of sp³-hybridized carbons (Fsp3) is 0.286. The quantitative estimate of drug-likeness (QED) is 0.780. The molecule has 120 valence electrons. The molecule has 1 amide bonds. The van der Waals surface area contributed by atoms with Crippen molar-refractivity contribution in [2.24, 2.45) is 0 Å². The lowest BCUT2D eigenvalue weighted by atomic mass is 10.0. The van der Waals surface area contributed by atoms with Crippen molar-refractivity contribution in [2.75, 3.05) is 6.61 Å². The molecule has 0 aromatic heterocycles. The predicted molar refractivity (Wildman–Crippen MR) is 86.3 cm³/mol. The molecule has 2 N–H and O–H groups in total. The Morgan fingerprint density at radius 2 is 1.86 bits per heavy atom. The summed E-state index contributed by atoms with van der Waals surface area (Å²) in [5, 5.41) is 11.5. The van der Waals surface area contributed by atoms with Gasteiger partial charge in [-0.3, -0.25) is 0 Å². The number of carboxylic acid groups (broad SMARTS) is 1. The van der Waals surface area contributed by atoms with Crippen LogP contribution in [-0.2, 0) is 9.53 Å². The number of nitrogens with one attached hydrogen (secondary N) is 1. The van der Waals surface area contributed by atoms with Gasteiger partial charge in [0, 0.05) is 0 Å². The second kappa shape index (κ2) is 7.72. The smallest absolute Gasteiger partial charge is 0.408 e. The van der Waals surface area contributed by atoms with Gasteiger partial charge < -0.3 is 15.2 Å². The minimum atomic E-state index is -1.77. The fourth-order valence-corrected chi connectivity index (χ4v) is 1.55. The van der Waals surface area contributed by atoms with E-state index in [4.69, 9.17) is 34.8 Å². The van der Waals surface area contributed by atoms with Crippen LogP contribution in [0.15, 0.2) is 36.4 Å². The summed E-state index contributed by atoms with van der Waals surface area (Å²) in [6.07, 6.45) is 1.90. The van der Waals surface area contributed by atoms with Crippen LogP contribution < -0.4 is 5.32 Å². The third-order valence-corrected chi connectivity index (χ3v) is 2.91. The Morgan fingerprint density at radius 1 is 1.27 bits per heavy atom. The zero-order valence-corrected chi connectivity index (χ0v) is 13.8. The van der Waals surface area contributed by atoms with Gasteiger partial charge in [-0.15, -0.1) is 0 Å². The van der Waals surface area contributed by atoms with Crippen LogP contribution in [0.3, 0.4) is 0 Å². The summed E-state index contributed by atoms with van der Waals surface area (Å²) in [5.41, 5.74) is -0.882. The van der Waals surface area contributed by atoms with E-state index < -0.39 is 28.0 Å².